The smallest absolute Gasteiger partial charge is 0.251 e. The van der Waals surface area contributed by atoms with Gasteiger partial charge in [-0.3, -0.25) is 4.79 Å². The van der Waals surface area contributed by atoms with Gasteiger partial charge in [0.25, 0.3) is 5.96 Å². The van der Waals surface area contributed by atoms with Gasteiger partial charge in [0.15, 0.2) is 5.03 Å². The van der Waals surface area contributed by atoms with Crippen LogP contribution < -0.4 is 22.2 Å². The molecule has 0 aliphatic rings. The average molecular weight is 316 g/mol. The van der Waals surface area contributed by atoms with Gasteiger partial charge in [-0.15, -0.1) is 0 Å². The van der Waals surface area contributed by atoms with Crippen molar-refractivity contribution in [3.05, 3.63) is 10.1 Å². The van der Waals surface area contributed by atoms with Crippen LogP contribution in [0.15, 0.2) is 4.99 Å². The van der Waals surface area contributed by atoms with Gasteiger partial charge in [-0.1, -0.05) is 31.6 Å². The highest BCUT2D eigenvalue weighted by atomic mass is 16.7. The van der Waals surface area contributed by atoms with Crippen LogP contribution in [0.2, 0.25) is 0 Å². The van der Waals surface area contributed by atoms with E-state index >= 15 is 0 Å². The molecule has 0 aromatic rings. The maximum atomic E-state index is 11.7. The van der Waals surface area contributed by atoms with Crippen LogP contribution in [-0.2, 0) is 4.79 Å². The summed E-state index contributed by atoms with van der Waals surface area (Å²) >= 11 is 0. The Bertz CT molecular complexity index is 362. The van der Waals surface area contributed by atoms with Crippen LogP contribution in [0.4, 0.5) is 0 Å². The Hall–Kier alpha value is -1.90. The third kappa shape index (κ3) is 11.9. The van der Waals surface area contributed by atoms with Crippen molar-refractivity contribution in [1.29, 1.82) is 0 Å². The van der Waals surface area contributed by atoms with Crippen molar-refractivity contribution in [2.45, 2.75) is 57.9 Å². The van der Waals surface area contributed by atoms with Gasteiger partial charge >= 0.3 is 0 Å². The highest BCUT2D eigenvalue weighted by Crippen LogP contribution is 2.01. The summed E-state index contributed by atoms with van der Waals surface area (Å²) in [4.78, 5) is 25.6. The molecule has 22 heavy (non-hydrogen) atoms. The molecule has 9 nitrogen and oxygen atoms in total. The van der Waals surface area contributed by atoms with E-state index in [2.05, 4.69) is 17.2 Å². The van der Waals surface area contributed by atoms with Gasteiger partial charge in [-0.25, -0.2) is 15.1 Å². The van der Waals surface area contributed by atoms with Crippen LogP contribution in [0.3, 0.4) is 0 Å². The lowest BCUT2D eigenvalue weighted by atomic mass is 10.1. The normalized spacial score (nSPS) is 12.7. The number of hydrogen-bond acceptors (Lipinski definition) is 5. The molecule has 128 valence electrons. The van der Waals surface area contributed by atoms with Crippen molar-refractivity contribution in [2.75, 3.05) is 13.1 Å². The molecule has 0 rings (SSSR count). The first kappa shape index (κ1) is 20.1. The molecule has 0 aliphatic heterocycles. The zero-order valence-electron chi connectivity index (χ0n) is 13.2. The number of aliphatic imine (C=N–C) groups is 1. The molecule has 0 aliphatic carbocycles. The van der Waals surface area contributed by atoms with Crippen molar-refractivity contribution in [2.24, 2.45) is 16.5 Å². The molecule has 0 saturated heterocycles. The van der Waals surface area contributed by atoms with E-state index in [1.807, 2.05) is 0 Å². The fraction of sp³-hybridized carbons (Fsp3) is 0.846. The number of rotatable bonds is 12. The lowest BCUT2D eigenvalue weighted by Gasteiger charge is -2.11. The summed E-state index contributed by atoms with van der Waals surface area (Å²) in [5.41, 5.74) is 12.8. The average Bonchev–Trinajstić information content (AvgIpc) is 2.45. The molecular formula is C13H28N6O3. The minimum Gasteiger partial charge on any atom is -0.365 e. The minimum atomic E-state index is -0.764. The van der Waals surface area contributed by atoms with E-state index in [1.54, 1.807) is 5.43 Å². The monoisotopic (exact) mass is 316 g/mol. The molecular weight excluding hydrogens is 288 g/mol. The second-order valence-corrected chi connectivity index (χ2v) is 5.09. The van der Waals surface area contributed by atoms with Crippen molar-refractivity contribution >= 4 is 11.9 Å². The lowest BCUT2D eigenvalue weighted by Crippen LogP contribution is -2.40. The van der Waals surface area contributed by atoms with E-state index in [-0.39, 0.29) is 11.9 Å². The van der Waals surface area contributed by atoms with Crippen LogP contribution in [0.1, 0.15) is 51.9 Å². The van der Waals surface area contributed by atoms with Crippen molar-refractivity contribution in [3.63, 3.8) is 0 Å². The fourth-order valence-corrected chi connectivity index (χ4v) is 1.83. The van der Waals surface area contributed by atoms with Crippen molar-refractivity contribution < 1.29 is 9.83 Å². The van der Waals surface area contributed by atoms with Crippen LogP contribution in [0.25, 0.3) is 0 Å². The molecule has 6 N–H and O–H groups in total. The van der Waals surface area contributed by atoms with Crippen LogP contribution >= 0.6 is 0 Å². The molecule has 0 aromatic carbocycles. The molecule has 1 amide bonds. The first-order chi connectivity index (χ1) is 10.5. The topological polar surface area (TPSA) is 149 Å². The number of nitro groups is 1. The predicted molar refractivity (Wildman–Crippen MR) is 85.6 cm³/mol. The summed E-state index contributed by atoms with van der Waals surface area (Å²) in [6.07, 6.45) is 6.36. The molecule has 0 fully saturated rings. The summed E-state index contributed by atoms with van der Waals surface area (Å²) in [7, 11) is 0. The van der Waals surface area contributed by atoms with E-state index in [4.69, 9.17) is 11.5 Å². The largest absolute Gasteiger partial charge is 0.365 e. The Morgan fingerprint density at radius 3 is 2.64 bits per heavy atom. The van der Waals surface area contributed by atoms with Gasteiger partial charge in [0.2, 0.25) is 5.91 Å². The van der Waals surface area contributed by atoms with Gasteiger partial charge in [0.1, 0.15) is 0 Å². The second kappa shape index (κ2) is 12.8. The molecule has 0 aromatic heterocycles. The van der Waals surface area contributed by atoms with Crippen molar-refractivity contribution in [1.82, 2.24) is 10.7 Å². The summed E-state index contributed by atoms with van der Waals surface area (Å²) in [6, 6.07) is -0.524. The van der Waals surface area contributed by atoms with Gasteiger partial charge in [0.05, 0.1) is 6.04 Å². The van der Waals surface area contributed by atoms with Gasteiger partial charge < -0.3 is 16.8 Å². The minimum absolute atomic E-state index is 0.130. The highest BCUT2D eigenvalue weighted by Gasteiger charge is 2.11. The number of carbonyl (C=O) groups is 1. The molecule has 0 spiro atoms. The molecule has 0 bridgehead atoms. The SMILES string of the molecule is CCCCCCNC(=O)C(N)CCCCN=C(N)N[N+](=O)[O-]. The molecule has 0 saturated carbocycles. The fourth-order valence-electron chi connectivity index (χ4n) is 1.83. The number of carbonyl (C=O) groups excluding carboxylic acids is 1. The summed E-state index contributed by atoms with van der Waals surface area (Å²) in [5.74, 6) is -0.353. The number of nitrogens with one attached hydrogen (secondary N) is 2. The van der Waals surface area contributed by atoms with E-state index in [9.17, 15) is 14.9 Å². The van der Waals surface area contributed by atoms with Crippen LogP contribution in [-0.4, -0.2) is 36.0 Å². The lowest BCUT2D eigenvalue weighted by molar-refractivity contribution is -0.525. The maximum Gasteiger partial charge on any atom is 0.251 e. The quantitative estimate of drug-likeness (QED) is 0.133. The molecule has 1 atom stereocenters. The summed E-state index contributed by atoms with van der Waals surface area (Å²) in [6.45, 7) is 3.16. The number of hydrogen-bond donors (Lipinski definition) is 4. The van der Waals surface area contributed by atoms with E-state index in [0.29, 0.717) is 32.4 Å². The standard InChI is InChI=1S/C13H28N6O3/c1-2-3-4-6-9-16-12(20)11(14)8-5-7-10-17-13(15)18-19(21)22/h11H,2-10,14H2,1H3,(H,16,20)(H3,15,17,18). The van der Waals surface area contributed by atoms with Gasteiger partial charge in [-0.05, 0) is 25.7 Å². The Labute approximate surface area is 131 Å². The molecule has 0 radical (unpaired) electrons. The highest BCUT2D eigenvalue weighted by molar-refractivity contribution is 5.81. The van der Waals surface area contributed by atoms with E-state index in [1.165, 1.54) is 6.42 Å². The number of amides is 1. The zero-order chi connectivity index (χ0) is 16.8. The molecule has 1 unspecified atom stereocenters. The summed E-state index contributed by atoms with van der Waals surface area (Å²) < 4.78 is 0. The first-order valence-corrected chi connectivity index (χ1v) is 7.71. The number of guanidine groups is 1. The van der Waals surface area contributed by atoms with Crippen LogP contribution in [0.5, 0.6) is 0 Å². The molecule has 0 heterocycles. The maximum absolute atomic E-state index is 11.7. The third-order valence-corrected chi connectivity index (χ3v) is 3.08. The Morgan fingerprint density at radius 2 is 2.00 bits per heavy atom. The second-order valence-electron chi connectivity index (χ2n) is 5.09. The Balaban J connectivity index is 3.65. The van der Waals surface area contributed by atoms with E-state index in [0.717, 1.165) is 19.3 Å². The number of hydrazine groups is 1. The third-order valence-electron chi connectivity index (χ3n) is 3.08. The van der Waals surface area contributed by atoms with Gasteiger partial charge in [-0.2, -0.15) is 0 Å². The Kier molecular flexibility index (Phi) is 11.7. The number of nitrogens with two attached hydrogens (primary N) is 2. The summed E-state index contributed by atoms with van der Waals surface area (Å²) in [5, 5.41) is 12.1. The first-order valence-electron chi connectivity index (χ1n) is 7.71. The Morgan fingerprint density at radius 1 is 1.27 bits per heavy atom. The predicted octanol–water partition coefficient (Wildman–Crippen LogP) is 0.277. The van der Waals surface area contributed by atoms with Crippen LogP contribution in [0, 0.1) is 10.1 Å². The van der Waals surface area contributed by atoms with Gasteiger partial charge in [0, 0.05) is 13.1 Å². The molecule has 9 heteroatoms. The van der Waals surface area contributed by atoms with E-state index < -0.39 is 11.1 Å². The zero-order valence-corrected chi connectivity index (χ0v) is 13.2. The number of unbranched alkanes of at least 4 members (excludes halogenated alkanes) is 4. The van der Waals surface area contributed by atoms with Crippen molar-refractivity contribution in [3.8, 4) is 0 Å². The number of nitrogens with zero attached hydrogens (tertiary/aromatic N) is 2.